The SMILES string of the molecule is Cc1ccc(Sc2ncccc2C(=O)OCC(=O)N(C)Cc2ccsc2)cc1. The van der Waals surface area contributed by atoms with Gasteiger partial charge in [0.25, 0.3) is 5.91 Å². The number of hydrogen-bond acceptors (Lipinski definition) is 6. The zero-order chi connectivity index (χ0) is 19.9. The van der Waals surface area contributed by atoms with E-state index in [1.54, 1.807) is 41.6 Å². The number of carbonyl (C=O) groups excluding carboxylic acids is 2. The maximum absolute atomic E-state index is 12.5. The fourth-order valence-corrected chi connectivity index (χ4v) is 3.94. The van der Waals surface area contributed by atoms with Gasteiger partial charge in [-0.2, -0.15) is 11.3 Å². The molecular weight excluding hydrogens is 392 g/mol. The van der Waals surface area contributed by atoms with Gasteiger partial charge in [-0.15, -0.1) is 0 Å². The molecule has 0 aliphatic heterocycles. The van der Waals surface area contributed by atoms with Gasteiger partial charge in [0.05, 0.1) is 5.56 Å². The molecule has 0 saturated heterocycles. The number of likely N-dealkylation sites (N-methyl/N-ethyl adjacent to an activating group) is 1. The largest absolute Gasteiger partial charge is 0.452 e. The average Bonchev–Trinajstić information content (AvgIpc) is 3.21. The molecule has 2 aromatic heterocycles. The number of benzene rings is 1. The molecule has 0 spiro atoms. The van der Waals surface area contributed by atoms with Crippen LogP contribution in [0.2, 0.25) is 0 Å². The molecule has 0 atom stereocenters. The number of carbonyl (C=O) groups is 2. The Morgan fingerprint density at radius 1 is 1.18 bits per heavy atom. The van der Waals surface area contributed by atoms with Crippen LogP contribution in [0.5, 0.6) is 0 Å². The van der Waals surface area contributed by atoms with E-state index in [-0.39, 0.29) is 12.5 Å². The Kier molecular flexibility index (Phi) is 6.84. The number of rotatable bonds is 7. The van der Waals surface area contributed by atoms with Crippen molar-refractivity contribution in [3.05, 3.63) is 76.1 Å². The summed E-state index contributed by atoms with van der Waals surface area (Å²) >= 11 is 2.97. The van der Waals surface area contributed by atoms with Crippen molar-refractivity contribution in [1.82, 2.24) is 9.88 Å². The van der Waals surface area contributed by atoms with Crippen LogP contribution in [0.3, 0.4) is 0 Å². The summed E-state index contributed by atoms with van der Waals surface area (Å²) < 4.78 is 5.25. The highest BCUT2D eigenvalue weighted by Crippen LogP contribution is 2.29. The molecule has 0 radical (unpaired) electrons. The van der Waals surface area contributed by atoms with Crippen molar-refractivity contribution < 1.29 is 14.3 Å². The first-order valence-electron chi connectivity index (χ1n) is 8.64. The maximum atomic E-state index is 12.5. The van der Waals surface area contributed by atoms with E-state index in [0.717, 1.165) is 16.0 Å². The summed E-state index contributed by atoms with van der Waals surface area (Å²) in [5.74, 6) is -0.809. The van der Waals surface area contributed by atoms with E-state index in [1.165, 1.54) is 11.8 Å². The second-order valence-corrected chi connectivity index (χ2v) is 8.07. The van der Waals surface area contributed by atoms with Crippen molar-refractivity contribution in [3.8, 4) is 0 Å². The van der Waals surface area contributed by atoms with Crippen LogP contribution in [-0.4, -0.2) is 35.4 Å². The summed E-state index contributed by atoms with van der Waals surface area (Å²) in [5, 5.41) is 4.50. The molecular formula is C21H20N2O3S2. The molecule has 3 aromatic rings. The molecule has 144 valence electrons. The molecule has 7 heteroatoms. The minimum atomic E-state index is -0.556. The Morgan fingerprint density at radius 3 is 2.68 bits per heavy atom. The van der Waals surface area contributed by atoms with Crippen LogP contribution in [0.15, 0.2) is 69.3 Å². The monoisotopic (exact) mass is 412 g/mol. The Bertz CT molecular complexity index is 941. The van der Waals surface area contributed by atoms with Crippen molar-refractivity contribution >= 4 is 35.0 Å². The standard InChI is InChI=1S/C21H20N2O3S2/c1-15-5-7-17(8-6-15)28-20-18(4-3-10-22-20)21(25)26-13-19(24)23(2)12-16-9-11-27-14-16/h3-11,14H,12-13H2,1-2H3. The van der Waals surface area contributed by atoms with Crippen LogP contribution in [-0.2, 0) is 16.1 Å². The van der Waals surface area contributed by atoms with Crippen LogP contribution in [0.1, 0.15) is 21.5 Å². The van der Waals surface area contributed by atoms with E-state index in [2.05, 4.69) is 4.98 Å². The van der Waals surface area contributed by atoms with Gasteiger partial charge in [0.1, 0.15) is 5.03 Å². The Balaban J connectivity index is 1.61. The molecule has 1 aromatic carbocycles. The summed E-state index contributed by atoms with van der Waals surface area (Å²) in [6, 6.07) is 13.3. The fourth-order valence-electron chi connectivity index (χ4n) is 2.41. The highest BCUT2D eigenvalue weighted by Gasteiger charge is 2.18. The van der Waals surface area contributed by atoms with E-state index in [1.807, 2.05) is 48.0 Å². The van der Waals surface area contributed by atoms with Crippen molar-refractivity contribution in [1.29, 1.82) is 0 Å². The third kappa shape index (κ3) is 5.43. The van der Waals surface area contributed by atoms with Gasteiger partial charge in [0, 0.05) is 24.7 Å². The van der Waals surface area contributed by atoms with Crippen LogP contribution >= 0.6 is 23.1 Å². The summed E-state index contributed by atoms with van der Waals surface area (Å²) in [7, 11) is 1.69. The zero-order valence-corrected chi connectivity index (χ0v) is 17.3. The average molecular weight is 413 g/mol. The van der Waals surface area contributed by atoms with Gasteiger partial charge in [-0.25, -0.2) is 9.78 Å². The Labute approximate surface area is 172 Å². The number of aromatic nitrogens is 1. The number of esters is 1. The zero-order valence-electron chi connectivity index (χ0n) is 15.6. The summed E-state index contributed by atoms with van der Waals surface area (Å²) in [4.78, 5) is 31.6. The molecule has 28 heavy (non-hydrogen) atoms. The summed E-state index contributed by atoms with van der Waals surface area (Å²) in [5.41, 5.74) is 2.56. The highest BCUT2D eigenvalue weighted by atomic mass is 32.2. The topological polar surface area (TPSA) is 59.5 Å². The third-order valence-corrected chi connectivity index (χ3v) is 5.74. The number of hydrogen-bond donors (Lipinski definition) is 0. The number of pyridine rings is 1. The maximum Gasteiger partial charge on any atom is 0.341 e. The van der Waals surface area contributed by atoms with Gasteiger partial charge in [0.15, 0.2) is 6.61 Å². The van der Waals surface area contributed by atoms with Gasteiger partial charge in [0.2, 0.25) is 0 Å². The van der Waals surface area contributed by atoms with Crippen molar-refractivity contribution in [2.75, 3.05) is 13.7 Å². The van der Waals surface area contributed by atoms with Gasteiger partial charge >= 0.3 is 5.97 Å². The number of nitrogens with zero attached hydrogens (tertiary/aromatic N) is 2. The molecule has 0 unspecified atom stereocenters. The summed E-state index contributed by atoms with van der Waals surface area (Å²) in [6.07, 6.45) is 1.63. The van der Waals surface area contributed by atoms with Gasteiger partial charge < -0.3 is 9.64 Å². The first kappa shape index (κ1) is 20.1. The first-order chi connectivity index (χ1) is 13.5. The van der Waals surface area contributed by atoms with E-state index < -0.39 is 5.97 Å². The lowest BCUT2D eigenvalue weighted by Crippen LogP contribution is -2.30. The van der Waals surface area contributed by atoms with E-state index in [0.29, 0.717) is 17.1 Å². The molecule has 1 amide bonds. The third-order valence-electron chi connectivity index (χ3n) is 3.98. The quantitative estimate of drug-likeness (QED) is 0.538. The second-order valence-electron chi connectivity index (χ2n) is 6.23. The summed E-state index contributed by atoms with van der Waals surface area (Å²) in [6.45, 7) is 2.20. The lowest BCUT2D eigenvalue weighted by Gasteiger charge is -2.16. The normalized spacial score (nSPS) is 10.5. The molecule has 0 N–H and O–H groups in total. The molecule has 0 bridgehead atoms. The van der Waals surface area contributed by atoms with Crippen LogP contribution in [0, 0.1) is 6.92 Å². The van der Waals surface area contributed by atoms with Crippen LogP contribution in [0.25, 0.3) is 0 Å². The number of ether oxygens (including phenoxy) is 1. The number of amides is 1. The van der Waals surface area contributed by atoms with E-state index >= 15 is 0 Å². The first-order valence-corrected chi connectivity index (χ1v) is 10.4. The van der Waals surface area contributed by atoms with Crippen molar-refractivity contribution in [2.24, 2.45) is 0 Å². The van der Waals surface area contributed by atoms with Gasteiger partial charge in [-0.1, -0.05) is 29.5 Å². The smallest absolute Gasteiger partial charge is 0.341 e. The minimum Gasteiger partial charge on any atom is -0.452 e. The van der Waals surface area contributed by atoms with Crippen molar-refractivity contribution in [3.63, 3.8) is 0 Å². The molecule has 0 saturated carbocycles. The second kappa shape index (κ2) is 9.52. The lowest BCUT2D eigenvalue weighted by molar-refractivity contribution is -0.133. The minimum absolute atomic E-state index is 0.254. The highest BCUT2D eigenvalue weighted by molar-refractivity contribution is 7.99. The van der Waals surface area contributed by atoms with Gasteiger partial charge in [-0.3, -0.25) is 4.79 Å². The Morgan fingerprint density at radius 2 is 1.96 bits per heavy atom. The lowest BCUT2D eigenvalue weighted by atomic mass is 10.2. The molecule has 0 aliphatic carbocycles. The predicted molar refractivity (Wildman–Crippen MR) is 111 cm³/mol. The molecule has 2 heterocycles. The van der Waals surface area contributed by atoms with Gasteiger partial charge in [-0.05, 0) is 53.6 Å². The molecule has 3 rings (SSSR count). The predicted octanol–water partition coefficient (Wildman–Crippen LogP) is 4.42. The van der Waals surface area contributed by atoms with Crippen LogP contribution in [0.4, 0.5) is 0 Å². The number of thiophene rings is 1. The van der Waals surface area contributed by atoms with Crippen LogP contribution < -0.4 is 0 Å². The Hall–Kier alpha value is -2.64. The van der Waals surface area contributed by atoms with Crippen molar-refractivity contribution in [2.45, 2.75) is 23.4 Å². The molecule has 0 aliphatic rings. The molecule has 0 fully saturated rings. The van der Waals surface area contributed by atoms with E-state index in [9.17, 15) is 9.59 Å². The fraction of sp³-hybridized carbons (Fsp3) is 0.190. The number of aryl methyl sites for hydroxylation is 1. The molecule has 5 nitrogen and oxygen atoms in total. The van der Waals surface area contributed by atoms with E-state index in [4.69, 9.17) is 4.74 Å².